The van der Waals surface area contributed by atoms with Gasteiger partial charge in [-0.25, -0.2) is 0 Å². The van der Waals surface area contributed by atoms with Gasteiger partial charge in [0.2, 0.25) is 5.91 Å². The van der Waals surface area contributed by atoms with Crippen LogP contribution in [0.5, 0.6) is 0 Å². The first-order chi connectivity index (χ1) is 5.91. The average Bonchev–Trinajstić information content (AvgIpc) is 2.20. The summed E-state index contributed by atoms with van der Waals surface area (Å²) in [6.45, 7) is 7.49. The highest BCUT2D eigenvalue weighted by Gasteiger charge is 2.35. The van der Waals surface area contributed by atoms with E-state index in [0.717, 1.165) is 6.54 Å². The molecule has 0 aromatic heterocycles. The number of carbonyl (C=O) groups is 1. The number of nitrogens with zero attached hydrogens (tertiary/aromatic N) is 1. The Kier molecular flexibility index (Phi) is 2.96. The molecule has 0 spiro atoms. The van der Waals surface area contributed by atoms with Crippen molar-refractivity contribution < 1.29 is 9.90 Å². The second-order valence-electron chi connectivity index (χ2n) is 4.79. The summed E-state index contributed by atoms with van der Waals surface area (Å²) >= 11 is 0. The molecule has 0 aromatic rings. The Hall–Kier alpha value is -0.570. The van der Waals surface area contributed by atoms with Crippen LogP contribution in [0, 0.1) is 5.41 Å². The van der Waals surface area contributed by atoms with Gasteiger partial charge in [0.05, 0.1) is 6.10 Å². The van der Waals surface area contributed by atoms with Gasteiger partial charge in [0, 0.05) is 19.5 Å². The minimum absolute atomic E-state index is 0.121. The first-order valence-electron chi connectivity index (χ1n) is 4.86. The van der Waals surface area contributed by atoms with Crippen molar-refractivity contribution in [2.75, 3.05) is 13.1 Å². The van der Waals surface area contributed by atoms with E-state index in [4.69, 9.17) is 5.11 Å². The zero-order valence-electron chi connectivity index (χ0n) is 8.71. The third-order valence-electron chi connectivity index (χ3n) is 2.42. The monoisotopic (exact) mass is 185 g/mol. The smallest absolute Gasteiger partial charge is 0.223 e. The van der Waals surface area contributed by atoms with E-state index in [0.29, 0.717) is 19.4 Å². The van der Waals surface area contributed by atoms with Gasteiger partial charge in [-0.2, -0.15) is 0 Å². The van der Waals surface area contributed by atoms with Crippen molar-refractivity contribution >= 4 is 5.91 Å². The zero-order chi connectivity index (χ0) is 10.1. The summed E-state index contributed by atoms with van der Waals surface area (Å²) in [6.07, 6.45) is 1.02. The van der Waals surface area contributed by atoms with E-state index in [2.05, 4.69) is 13.8 Å². The number of hydrogen-bond donors (Lipinski definition) is 1. The number of likely N-dealkylation sites (tertiary alicyclic amines) is 1. The highest BCUT2D eigenvalue weighted by atomic mass is 16.3. The topological polar surface area (TPSA) is 40.5 Å². The lowest BCUT2D eigenvalue weighted by Gasteiger charge is -2.20. The standard InChI is InChI=1S/C10H19NO2/c1-8(12)4-5-11-7-10(2,3)6-9(11)13/h8,12H,4-7H2,1-3H3. The lowest BCUT2D eigenvalue weighted by molar-refractivity contribution is -0.128. The van der Waals surface area contributed by atoms with E-state index in [9.17, 15) is 4.79 Å². The number of aliphatic hydroxyl groups is 1. The maximum absolute atomic E-state index is 11.4. The predicted octanol–water partition coefficient (Wildman–Crippen LogP) is 1.02. The van der Waals surface area contributed by atoms with Crippen LogP contribution in [0.4, 0.5) is 0 Å². The minimum atomic E-state index is -0.309. The maximum atomic E-state index is 11.4. The molecule has 0 bridgehead atoms. The van der Waals surface area contributed by atoms with Gasteiger partial charge in [-0.15, -0.1) is 0 Å². The molecule has 0 radical (unpaired) electrons. The molecule has 76 valence electrons. The van der Waals surface area contributed by atoms with Crippen molar-refractivity contribution in [2.24, 2.45) is 5.41 Å². The van der Waals surface area contributed by atoms with Gasteiger partial charge in [0.15, 0.2) is 0 Å². The van der Waals surface area contributed by atoms with Crippen molar-refractivity contribution in [3.63, 3.8) is 0 Å². The Morgan fingerprint density at radius 2 is 2.23 bits per heavy atom. The number of amides is 1. The lowest BCUT2D eigenvalue weighted by atomic mass is 9.93. The van der Waals surface area contributed by atoms with Crippen LogP contribution in [0.3, 0.4) is 0 Å². The lowest BCUT2D eigenvalue weighted by Crippen LogP contribution is -2.29. The van der Waals surface area contributed by atoms with Gasteiger partial charge in [-0.05, 0) is 18.8 Å². The summed E-state index contributed by atoms with van der Waals surface area (Å²) in [5, 5.41) is 9.09. The molecule has 3 nitrogen and oxygen atoms in total. The fourth-order valence-corrected chi connectivity index (χ4v) is 1.73. The van der Waals surface area contributed by atoms with Gasteiger partial charge in [-0.1, -0.05) is 13.8 Å². The fourth-order valence-electron chi connectivity index (χ4n) is 1.73. The number of carbonyl (C=O) groups excluding carboxylic acids is 1. The summed E-state index contributed by atoms with van der Waals surface area (Å²) in [7, 11) is 0. The number of aliphatic hydroxyl groups excluding tert-OH is 1. The van der Waals surface area contributed by atoms with Gasteiger partial charge in [0.25, 0.3) is 0 Å². The summed E-state index contributed by atoms with van der Waals surface area (Å²) < 4.78 is 0. The van der Waals surface area contributed by atoms with Gasteiger partial charge in [0.1, 0.15) is 0 Å². The molecule has 1 saturated heterocycles. The van der Waals surface area contributed by atoms with Crippen LogP contribution in [0.1, 0.15) is 33.6 Å². The van der Waals surface area contributed by atoms with Crippen LogP contribution in [0.2, 0.25) is 0 Å². The van der Waals surface area contributed by atoms with Crippen LogP contribution in [0.25, 0.3) is 0 Å². The molecule has 3 heteroatoms. The summed E-state index contributed by atoms with van der Waals surface area (Å²) in [4.78, 5) is 13.3. The Morgan fingerprint density at radius 1 is 1.62 bits per heavy atom. The molecule has 1 amide bonds. The van der Waals surface area contributed by atoms with Crippen molar-refractivity contribution in [2.45, 2.75) is 39.7 Å². The quantitative estimate of drug-likeness (QED) is 0.713. The maximum Gasteiger partial charge on any atom is 0.223 e. The van der Waals surface area contributed by atoms with Crippen LogP contribution in [-0.4, -0.2) is 35.1 Å². The highest BCUT2D eigenvalue weighted by Crippen LogP contribution is 2.29. The summed E-state index contributed by atoms with van der Waals surface area (Å²) in [6, 6.07) is 0. The van der Waals surface area contributed by atoms with E-state index in [1.54, 1.807) is 6.92 Å². The van der Waals surface area contributed by atoms with Crippen molar-refractivity contribution in [1.29, 1.82) is 0 Å². The SMILES string of the molecule is CC(O)CCN1CC(C)(C)CC1=O. The third kappa shape index (κ3) is 2.99. The molecular formula is C10H19NO2. The zero-order valence-corrected chi connectivity index (χ0v) is 8.71. The molecule has 1 aliphatic heterocycles. The van der Waals surface area contributed by atoms with E-state index >= 15 is 0 Å². The van der Waals surface area contributed by atoms with Gasteiger partial charge < -0.3 is 10.0 Å². The average molecular weight is 185 g/mol. The first kappa shape index (κ1) is 10.5. The second kappa shape index (κ2) is 3.66. The molecule has 0 saturated carbocycles. The molecule has 1 unspecified atom stereocenters. The van der Waals surface area contributed by atoms with E-state index in [1.165, 1.54) is 0 Å². The fraction of sp³-hybridized carbons (Fsp3) is 0.900. The molecule has 1 aliphatic rings. The Bertz CT molecular complexity index is 199. The third-order valence-corrected chi connectivity index (χ3v) is 2.42. The normalized spacial score (nSPS) is 23.7. The Labute approximate surface area is 79.7 Å². The van der Waals surface area contributed by atoms with Crippen molar-refractivity contribution in [3.05, 3.63) is 0 Å². The molecule has 0 aliphatic carbocycles. The second-order valence-corrected chi connectivity index (χ2v) is 4.79. The van der Waals surface area contributed by atoms with Crippen molar-refractivity contribution in [3.8, 4) is 0 Å². The van der Waals surface area contributed by atoms with Crippen LogP contribution in [-0.2, 0) is 4.79 Å². The van der Waals surface area contributed by atoms with Crippen molar-refractivity contribution in [1.82, 2.24) is 4.90 Å². The van der Waals surface area contributed by atoms with E-state index in [1.807, 2.05) is 4.90 Å². The summed E-state index contributed by atoms with van der Waals surface area (Å²) in [5.74, 6) is 0.227. The minimum Gasteiger partial charge on any atom is -0.393 e. The van der Waals surface area contributed by atoms with E-state index < -0.39 is 0 Å². The molecule has 13 heavy (non-hydrogen) atoms. The van der Waals surface area contributed by atoms with Crippen LogP contribution >= 0.6 is 0 Å². The molecule has 1 N–H and O–H groups in total. The predicted molar refractivity (Wildman–Crippen MR) is 51.3 cm³/mol. The summed E-state index contributed by atoms with van der Waals surface area (Å²) in [5.41, 5.74) is 0.121. The van der Waals surface area contributed by atoms with Gasteiger partial charge in [-0.3, -0.25) is 4.79 Å². The molecule has 1 fully saturated rings. The van der Waals surface area contributed by atoms with Crippen LogP contribution < -0.4 is 0 Å². The molecule has 1 rings (SSSR count). The first-order valence-corrected chi connectivity index (χ1v) is 4.86. The number of hydrogen-bond acceptors (Lipinski definition) is 2. The molecule has 1 atom stereocenters. The number of rotatable bonds is 3. The Balaban J connectivity index is 2.40. The highest BCUT2D eigenvalue weighted by molar-refractivity contribution is 5.79. The van der Waals surface area contributed by atoms with Crippen LogP contribution in [0.15, 0.2) is 0 Å². The van der Waals surface area contributed by atoms with E-state index in [-0.39, 0.29) is 17.4 Å². The Morgan fingerprint density at radius 3 is 2.62 bits per heavy atom. The molecular weight excluding hydrogens is 166 g/mol. The molecule has 1 heterocycles. The largest absolute Gasteiger partial charge is 0.393 e. The molecule has 0 aromatic carbocycles. The van der Waals surface area contributed by atoms with Gasteiger partial charge >= 0.3 is 0 Å².